The normalized spacial score (nSPS) is 12.6. The molecule has 0 saturated heterocycles. The molecule has 0 spiro atoms. The second-order valence-corrected chi connectivity index (χ2v) is 7.00. The van der Waals surface area contributed by atoms with Gasteiger partial charge in [0.1, 0.15) is 0 Å². The molecule has 102 valence electrons. The molecule has 0 radical (unpaired) electrons. The Hall–Kier alpha value is -1.02. The third-order valence-corrected chi connectivity index (χ3v) is 2.54. The minimum Gasteiger partial charge on any atom is -0.380 e. The first-order chi connectivity index (χ1) is 8.16. The first-order valence-electron chi connectivity index (χ1n) is 6.78. The fraction of sp³-hybridized carbons (Fsp3) is 0.625. The molecule has 1 aromatic carbocycles. The second kappa shape index (κ2) is 5.75. The van der Waals surface area contributed by atoms with Gasteiger partial charge in [0.2, 0.25) is 0 Å². The van der Waals surface area contributed by atoms with Crippen molar-refractivity contribution in [2.45, 2.75) is 59.0 Å². The first-order valence-corrected chi connectivity index (χ1v) is 6.78. The van der Waals surface area contributed by atoms with Crippen molar-refractivity contribution < 1.29 is 0 Å². The lowest BCUT2D eigenvalue weighted by Crippen LogP contribution is -2.37. The summed E-state index contributed by atoms with van der Waals surface area (Å²) in [5.74, 6) is 0. The topological polar surface area (TPSA) is 24.1 Å². The Kier molecular flexibility index (Phi) is 4.80. The fourth-order valence-electron chi connectivity index (χ4n) is 1.77. The van der Waals surface area contributed by atoms with E-state index in [1.54, 1.807) is 0 Å². The van der Waals surface area contributed by atoms with Crippen molar-refractivity contribution >= 4 is 5.69 Å². The molecule has 0 saturated carbocycles. The molecule has 0 aliphatic rings. The predicted octanol–water partition coefficient (Wildman–Crippen LogP) is 3.83. The van der Waals surface area contributed by atoms with Crippen LogP contribution in [-0.4, -0.2) is 17.6 Å². The SMILES string of the molecule is CC(C)(C)NCCc1ccc(NC(C)(C)C)cc1. The van der Waals surface area contributed by atoms with Crippen LogP contribution < -0.4 is 10.6 Å². The number of anilines is 1. The van der Waals surface area contributed by atoms with Crippen LogP contribution in [0.25, 0.3) is 0 Å². The van der Waals surface area contributed by atoms with E-state index in [9.17, 15) is 0 Å². The van der Waals surface area contributed by atoms with E-state index < -0.39 is 0 Å². The third-order valence-electron chi connectivity index (χ3n) is 2.54. The molecule has 2 heteroatoms. The Morgan fingerprint density at radius 3 is 1.83 bits per heavy atom. The number of nitrogens with one attached hydrogen (secondary N) is 2. The van der Waals surface area contributed by atoms with Crippen molar-refractivity contribution in [3.8, 4) is 0 Å². The molecule has 0 aliphatic carbocycles. The van der Waals surface area contributed by atoms with Gasteiger partial charge in [0, 0.05) is 16.8 Å². The Morgan fingerprint density at radius 1 is 0.833 bits per heavy atom. The van der Waals surface area contributed by atoms with Crippen LogP contribution in [0.4, 0.5) is 5.69 Å². The third kappa shape index (κ3) is 6.65. The maximum Gasteiger partial charge on any atom is 0.0344 e. The summed E-state index contributed by atoms with van der Waals surface area (Å²) in [4.78, 5) is 0. The number of benzene rings is 1. The van der Waals surface area contributed by atoms with Crippen LogP contribution in [0.1, 0.15) is 47.1 Å². The first kappa shape index (κ1) is 15.0. The van der Waals surface area contributed by atoms with Crippen LogP contribution in [-0.2, 0) is 6.42 Å². The van der Waals surface area contributed by atoms with E-state index in [4.69, 9.17) is 0 Å². The lowest BCUT2D eigenvalue weighted by molar-refractivity contribution is 0.429. The maximum absolute atomic E-state index is 3.51. The van der Waals surface area contributed by atoms with E-state index in [2.05, 4.69) is 76.4 Å². The standard InChI is InChI=1S/C16H28N2/c1-15(2,3)17-12-11-13-7-9-14(10-8-13)18-16(4,5)6/h7-10,17-18H,11-12H2,1-6H3. The summed E-state index contributed by atoms with van der Waals surface area (Å²) in [6, 6.07) is 8.74. The van der Waals surface area contributed by atoms with Crippen LogP contribution in [0.3, 0.4) is 0 Å². The van der Waals surface area contributed by atoms with Crippen LogP contribution in [0, 0.1) is 0 Å². The van der Waals surface area contributed by atoms with E-state index in [1.165, 1.54) is 11.3 Å². The van der Waals surface area contributed by atoms with Gasteiger partial charge in [-0.1, -0.05) is 12.1 Å². The molecular weight excluding hydrogens is 220 g/mol. The molecule has 0 fully saturated rings. The second-order valence-electron chi connectivity index (χ2n) is 7.00. The molecule has 0 atom stereocenters. The summed E-state index contributed by atoms with van der Waals surface area (Å²) in [6.45, 7) is 14.1. The summed E-state index contributed by atoms with van der Waals surface area (Å²) in [7, 11) is 0. The number of rotatable bonds is 4. The number of hydrogen-bond acceptors (Lipinski definition) is 2. The van der Waals surface area contributed by atoms with Crippen molar-refractivity contribution in [1.82, 2.24) is 5.32 Å². The van der Waals surface area contributed by atoms with Crippen LogP contribution in [0.2, 0.25) is 0 Å². The molecule has 0 aliphatic heterocycles. The largest absolute Gasteiger partial charge is 0.380 e. The smallest absolute Gasteiger partial charge is 0.0344 e. The average molecular weight is 248 g/mol. The van der Waals surface area contributed by atoms with Crippen molar-refractivity contribution in [2.24, 2.45) is 0 Å². The highest BCUT2D eigenvalue weighted by Crippen LogP contribution is 2.15. The molecule has 2 nitrogen and oxygen atoms in total. The molecule has 2 N–H and O–H groups in total. The summed E-state index contributed by atoms with van der Waals surface area (Å²) >= 11 is 0. The molecule has 0 heterocycles. The van der Waals surface area contributed by atoms with Gasteiger partial charge in [-0.3, -0.25) is 0 Å². The van der Waals surface area contributed by atoms with Gasteiger partial charge in [0.15, 0.2) is 0 Å². The van der Waals surface area contributed by atoms with E-state index in [-0.39, 0.29) is 11.1 Å². The zero-order valence-electron chi connectivity index (χ0n) is 12.7. The van der Waals surface area contributed by atoms with E-state index in [0.717, 1.165) is 13.0 Å². The highest BCUT2D eigenvalue weighted by atomic mass is 14.9. The average Bonchev–Trinajstić information content (AvgIpc) is 2.16. The molecular formula is C16H28N2. The Labute approximate surface area is 112 Å². The van der Waals surface area contributed by atoms with Gasteiger partial charge in [-0.25, -0.2) is 0 Å². The Balaban J connectivity index is 2.46. The lowest BCUT2D eigenvalue weighted by atomic mass is 10.1. The summed E-state index contributed by atoms with van der Waals surface area (Å²) in [6.07, 6.45) is 1.08. The minimum absolute atomic E-state index is 0.120. The number of hydrogen-bond donors (Lipinski definition) is 2. The molecule has 0 unspecified atom stereocenters. The van der Waals surface area contributed by atoms with Crippen molar-refractivity contribution in [3.63, 3.8) is 0 Å². The van der Waals surface area contributed by atoms with Crippen molar-refractivity contribution in [3.05, 3.63) is 29.8 Å². The van der Waals surface area contributed by atoms with Crippen molar-refractivity contribution in [2.75, 3.05) is 11.9 Å². The van der Waals surface area contributed by atoms with Gasteiger partial charge in [-0.15, -0.1) is 0 Å². The van der Waals surface area contributed by atoms with Crippen molar-refractivity contribution in [1.29, 1.82) is 0 Å². The maximum atomic E-state index is 3.51. The summed E-state index contributed by atoms with van der Waals surface area (Å²) < 4.78 is 0. The fourth-order valence-corrected chi connectivity index (χ4v) is 1.77. The summed E-state index contributed by atoms with van der Waals surface area (Å²) in [5.41, 5.74) is 2.89. The lowest BCUT2D eigenvalue weighted by Gasteiger charge is -2.22. The Bertz CT molecular complexity index is 352. The molecule has 0 bridgehead atoms. The quantitative estimate of drug-likeness (QED) is 0.846. The van der Waals surface area contributed by atoms with Gasteiger partial charge in [0.05, 0.1) is 0 Å². The molecule has 1 aromatic rings. The molecule has 0 amide bonds. The zero-order chi connectivity index (χ0) is 13.8. The van der Waals surface area contributed by atoms with E-state index >= 15 is 0 Å². The van der Waals surface area contributed by atoms with Gasteiger partial charge in [-0.2, -0.15) is 0 Å². The molecule has 1 rings (SSSR count). The Morgan fingerprint density at radius 2 is 1.39 bits per heavy atom. The highest BCUT2D eigenvalue weighted by molar-refractivity contribution is 5.46. The van der Waals surface area contributed by atoms with Gasteiger partial charge >= 0.3 is 0 Å². The van der Waals surface area contributed by atoms with Gasteiger partial charge < -0.3 is 10.6 Å². The highest BCUT2D eigenvalue weighted by Gasteiger charge is 2.09. The minimum atomic E-state index is 0.120. The van der Waals surface area contributed by atoms with Crippen LogP contribution in [0.15, 0.2) is 24.3 Å². The van der Waals surface area contributed by atoms with Gasteiger partial charge in [-0.05, 0) is 72.2 Å². The summed E-state index contributed by atoms with van der Waals surface area (Å²) in [5, 5.41) is 6.98. The predicted molar refractivity (Wildman–Crippen MR) is 81.3 cm³/mol. The zero-order valence-corrected chi connectivity index (χ0v) is 12.7. The van der Waals surface area contributed by atoms with Crippen LogP contribution >= 0.6 is 0 Å². The van der Waals surface area contributed by atoms with Crippen LogP contribution in [0.5, 0.6) is 0 Å². The molecule has 0 aromatic heterocycles. The molecule has 18 heavy (non-hydrogen) atoms. The van der Waals surface area contributed by atoms with Gasteiger partial charge in [0.25, 0.3) is 0 Å². The monoisotopic (exact) mass is 248 g/mol. The van der Waals surface area contributed by atoms with E-state index in [0.29, 0.717) is 0 Å². The van der Waals surface area contributed by atoms with E-state index in [1.807, 2.05) is 0 Å².